The molecule has 3 N–H and O–H groups in total. The Bertz CT molecular complexity index is 569. The molecule has 0 radical (unpaired) electrons. The highest BCUT2D eigenvalue weighted by molar-refractivity contribution is 5.85. The summed E-state index contributed by atoms with van der Waals surface area (Å²) in [6.07, 6.45) is 5.74. The number of nitrogens with zero attached hydrogens (tertiary/aromatic N) is 2. The molecule has 0 saturated carbocycles. The number of amides is 1. The minimum absolute atomic E-state index is 0. The van der Waals surface area contributed by atoms with Gasteiger partial charge in [-0.15, -0.1) is 12.4 Å². The fourth-order valence-corrected chi connectivity index (χ4v) is 2.00. The molecule has 120 valence electrons. The third-order valence-corrected chi connectivity index (χ3v) is 3.22. The molecular weight excluding hydrogens is 300 g/mol. The van der Waals surface area contributed by atoms with Crippen LogP contribution in [-0.2, 0) is 11.2 Å². The number of nitrogens with two attached hydrogens (primary N) is 1. The second-order valence-corrected chi connectivity index (χ2v) is 5.24. The van der Waals surface area contributed by atoms with E-state index in [0.29, 0.717) is 19.4 Å². The van der Waals surface area contributed by atoms with E-state index in [4.69, 9.17) is 5.73 Å². The summed E-state index contributed by atoms with van der Waals surface area (Å²) in [4.78, 5) is 11.7. The number of nitrogens with one attached hydrogen (secondary N) is 1. The summed E-state index contributed by atoms with van der Waals surface area (Å²) >= 11 is 0. The predicted octanol–water partition coefficient (Wildman–Crippen LogP) is 2.08. The standard InChI is InChI=1S/C16H22N4O.ClH/c1-13(17)9-10-18-16(21)8-7-14-11-19-20(12-14)15-5-3-2-4-6-15;/h2-6,11-13H,7-10,17H2,1H3,(H,18,21);1H. The summed E-state index contributed by atoms with van der Waals surface area (Å²) in [5, 5.41) is 7.19. The quantitative estimate of drug-likeness (QED) is 0.819. The minimum Gasteiger partial charge on any atom is -0.356 e. The Hall–Kier alpha value is -1.85. The van der Waals surface area contributed by atoms with Crippen molar-refractivity contribution in [2.24, 2.45) is 5.73 Å². The highest BCUT2D eigenvalue weighted by Gasteiger charge is 2.05. The van der Waals surface area contributed by atoms with Crippen LogP contribution in [0.3, 0.4) is 0 Å². The number of hydrogen-bond acceptors (Lipinski definition) is 3. The molecule has 1 aromatic carbocycles. The second-order valence-electron chi connectivity index (χ2n) is 5.24. The lowest BCUT2D eigenvalue weighted by atomic mass is 10.2. The minimum atomic E-state index is 0. The van der Waals surface area contributed by atoms with E-state index < -0.39 is 0 Å². The van der Waals surface area contributed by atoms with E-state index in [1.807, 2.05) is 54.3 Å². The number of rotatable bonds is 7. The molecule has 0 saturated heterocycles. The van der Waals surface area contributed by atoms with Crippen LogP contribution >= 0.6 is 12.4 Å². The Balaban J connectivity index is 0.00000242. The van der Waals surface area contributed by atoms with Crippen LogP contribution in [0.25, 0.3) is 5.69 Å². The zero-order chi connectivity index (χ0) is 15.1. The summed E-state index contributed by atoms with van der Waals surface area (Å²) in [5.74, 6) is 0.0584. The van der Waals surface area contributed by atoms with Gasteiger partial charge in [0.1, 0.15) is 0 Å². The van der Waals surface area contributed by atoms with Crippen LogP contribution in [0.5, 0.6) is 0 Å². The number of benzene rings is 1. The Morgan fingerprint density at radius 3 is 2.77 bits per heavy atom. The van der Waals surface area contributed by atoms with Crippen LogP contribution in [0.1, 0.15) is 25.3 Å². The number of carbonyl (C=O) groups is 1. The van der Waals surface area contributed by atoms with Gasteiger partial charge in [0.05, 0.1) is 11.9 Å². The van der Waals surface area contributed by atoms with Gasteiger partial charge in [-0.2, -0.15) is 5.10 Å². The van der Waals surface area contributed by atoms with Crippen LogP contribution in [0.2, 0.25) is 0 Å². The molecule has 1 amide bonds. The smallest absolute Gasteiger partial charge is 0.220 e. The molecule has 1 heterocycles. The molecule has 0 spiro atoms. The van der Waals surface area contributed by atoms with E-state index in [-0.39, 0.29) is 24.4 Å². The van der Waals surface area contributed by atoms with Gasteiger partial charge in [0, 0.05) is 25.2 Å². The summed E-state index contributed by atoms with van der Waals surface area (Å²) in [5.41, 5.74) is 7.71. The monoisotopic (exact) mass is 322 g/mol. The molecule has 2 aromatic rings. The molecular formula is C16H23ClN4O. The first-order valence-corrected chi connectivity index (χ1v) is 7.26. The number of aryl methyl sites for hydroxylation is 1. The fraction of sp³-hybridized carbons (Fsp3) is 0.375. The van der Waals surface area contributed by atoms with Crippen LogP contribution in [0.15, 0.2) is 42.7 Å². The maximum atomic E-state index is 11.7. The van der Waals surface area contributed by atoms with Crippen molar-refractivity contribution in [1.29, 1.82) is 0 Å². The van der Waals surface area contributed by atoms with E-state index in [1.165, 1.54) is 0 Å². The molecule has 22 heavy (non-hydrogen) atoms. The number of carbonyl (C=O) groups excluding carboxylic acids is 1. The van der Waals surface area contributed by atoms with Crippen LogP contribution in [0, 0.1) is 0 Å². The molecule has 0 bridgehead atoms. The maximum Gasteiger partial charge on any atom is 0.220 e. The third kappa shape index (κ3) is 5.87. The molecule has 0 aliphatic rings. The Morgan fingerprint density at radius 1 is 1.36 bits per heavy atom. The van der Waals surface area contributed by atoms with E-state index in [2.05, 4.69) is 10.4 Å². The molecule has 1 aromatic heterocycles. The molecule has 2 rings (SSSR count). The van der Waals surface area contributed by atoms with Crippen molar-refractivity contribution in [1.82, 2.24) is 15.1 Å². The molecule has 1 atom stereocenters. The largest absolute Gasteiger partial charge is 0.356 e. The highest BCUT2D eigenvalue weighted by atomic mass is 35.5. The fourth-order valence-electron chi connectivity index (χ4n) is 2.00. The van der Waals surface area contributed by atoms with Gasteiger partial charge in [-0.05, 0) is 37.5 Å². The van der Waals surface area contributed by atoms with Crippen molar-refractivity contribution in [3.8, 4) is 5.69 Å². The van der Waals surface area contributed by atoms with Gasteiger partial charge in [-0.3, -0.25) is 4.79 Å². The van der Waals surface area contributed by atoms with E-state index in [9.17, 15) is 4.79 Å². The van der Waals surface area contributed by atoms with Gasteiger partial charge < -0.3 is 11.1 Å². The van der Waals surface area contributed by atoms with Crippen molar-refractivity contribution in [3.05, 3.63) is 48.3 Å². The lowest BCUT2D eigenvalue weighted by Gasteiger charge is -2.06. The second kappa shape index (κ2) is 9.23. The SMILES string of the molecule is CC(N)CCNC(=O)CCc1cnn(-c2ccccc2)c1.Cl. The zero-order valence-corrected chi connectivity index (χ0v) is 13.6. The van der Waals surface area contributed by atoms with Crippen LogP contribution in [0.4, 0.5) is 0 Å². The number of aromatic nitrogens is 2. The first-order valence-electron chi connectivity index (χ1n) is 7.26. The van der Waals surface area contributed by atoms with Crippen molar-refractivity contribution in [2.75, 3.05) is 6.54 Å². The number of para-hydroxylation sites is 1. The van der Waals surface area contributed by atoms with Gasteiger partial charge in [-0.25, -0.2) is 4.68 Å². The van der Waals surface area contributed by atoms with E-state index in [1.54, 1.807) is 0 Å². The molecule has 0 aliphatic heterocycles. The van der Waals surface area contributed by atoms with Gasteiger partial charge >= 0.3 is 0 Å². The first-order chi connectivity index (χ1) is 10.1. The zero-order valence-electron chi connectivity index (χ0n) is 12.7. The molecule has 1 unspecified atom stereocenters. The number of hydrogen-bond donors (Lipinski definition) is 2. The molecule has 5 nitrogen and oxygen atoms in total. The summed E-state index contributed by atoms with van der Waals surface area (Å²) in [7, 11) is 0. The first kappa shape index (κ1) is 18.2. The van der Waals surface area contributed by atoms with Gasteiger partial charge in [0.2, 0.25) is 5.91 Å². The molecule has 6 heteroatoms. The van der Waals surface area contributed by atoms with Crippen molar-refractivity contribution >= 4 is 18.3 Å². The lowest BCUT2D eigenvalue weighted by molar-refractivity contribution is -0.121. The average molecular weight is 323 g/mol. The maximum absolute atomic E-state index is 11.7. The third-order valence-electron chi connectivity index (χ3n) is 3.22. The summed E-state index contributed by atoms with van der Waals surface area (Å²) in [6.45, 7) is 2.57. The normalized spacial score (nSPS) is 11.5. The average Bonchev–Trinajstić information content (AvgIpc) is 2.94. The molecule has 0 aliphatic carbocycles. The van der Waals surface area contributed by atoms with Crippen molar-refractivity contribution in [3.63, 3.8) is 0 Å². The lowest BCUT2D eigenvalue weighted by Crippen LogP contribution is -2.29. The van der Waals surface area contributed by atoms with E-state index >= 15 is 0 Å². The Kier molecular flexibility index (Phi) is 7.63. The van der Waals surface area contributed by atoms with Crippen LogP contribution in [-0.4, -0.2) is 28.3 Å². The van der Waals surface area contributed by atoms with Crippen molar-refractivity contribution in [2.45, 2.75) is 32.2 Å². The summed E-state index contributed by atoms with van der Waals surface area (Å²) in [6, 6.07) is 10.0. The van der Waals surface area contributed by atoms with Crippen molar-refractivity contribution < 1.29 is 4.79 Å². The van der Waals surface area contributed by atoms with E-state index in [0.717, 1.165) is 17.7 Å². The topological polar surface area (TPSA) is 72.9 Å². The van der Waals surface area contributed by atoms with Gasteiger partial charge in [0.25, 0.3) is 0 Å². The predicted molar refractivity (Wildman–Crippen MR) is 90.4 cm³/mol. The van der Waals surface area contributed by atoms with Gasteiger partial charge in [-0.1, -0.05) is 18.2 Å². The van der Waals surface area contributed by atoms with Crippen LogP contribution < -0.4 is 11.1 Å². The Labute approximate surface area is 137 Å². The highest BCUT2D eigenvalue weighted by Crippen LogP contribution is 2.09. The summed E-state index contributed by atoms with van der Waals surface area (Å²) < 4.78 is 1.82. The van der Waals surface area contributed by atoms with Gasteiger partial charge in [0.15, 0.2) is 0 Å². The molecule has 0 fully saturated rings. The Morgan fingerprint density at radius 2 is 2.09 bits per heavy atom. The number of halogens is 1.